The third-order valence-electron chi connectivity index (χ3n) is 2.49. The summed E-state index contributed by atoms with van der Waals surface area (Å²) in [5.74, 6) is 0.540. The van der Waals surface area contributed by atoms with Gasteiger partial charge in [-0.1, -0.05) is 0 Å². The first-order valence-electron chi connectivity index (χ1n) is 4.52. The van der Waals surface area contributed by atoms with Crippen LogP contribution in [0.5, 0.6) is 5.88 Å². The average molecular weight is 190 g/mol. The lowest BCUT2D eigenvalue weighted by atomic mass is 10.0. The second-order valence-electron chi connectivity index (χ2n) is 3.33. The molecule has 1 N–H and O–H groups in total. The Balaban J connectivity index is 2.71. The van der Waals surface area contributed by atoms with Crippen molar-refractivity contribution in [1.29, 1.82) is 5.26 Å². The van der Waals surface area contributed by atoms with Crippen molar-refractivity contribution >= 4 is 0 Å². The average Bonchev–Trinajstić information content (AvgIpc) is 2.18. The molecule has 0 atom stereocenters. The van der Waals surface area contributed by atoms with Crippen LogP contribution in [0.4, 0.5) is 0 Å². The van der Waals surface area contributed by atoms with Gasteiger partial charge in [-0.25, -0.2) is 0 Å². The third kappa shape index (κ3) is 1.18. The van der Waals surface area contributed by atoms with Crippen LogP contribution in [-0.2, 0) is 6.42 Å². The van der Waals surface area contributed by atoms with E-state index in [4.69, 9.17) is 10.00 Å². The van der Waals surface area contributed by atoms with Crippen LogP contribution in [0.2, 0.25) is 0 Å². The Morgan fingerprint density at radius 3 is 3.07 bits per heavy atom. The van der Waals surface area contributed by atoms with Crippen molar-refractivity contribution in [2.45, 2.75) is 19.8 Å². The Bertz CT molecular complexity index is 468. The number of nitrogens with one attached hydrogen (secondary N) is 1. The lowest BCUT2D eigenvalue weighted by Crippen LogP contribution is -2.20. The van der Waals surface area contributed by atoms with Crippen molar-refractivity contribution in [1.82, 2.24) is 4.98 Å². The van der Waals surface area contributed by atoms with Gasteiger partial charge in [-0.15, -0.1) is 0 Å². The molecule has 0 saturated carbocycles. The number of pyridine rings is 1. The topological polar surface area (TPSA) is 65.9 Å². The number of rotatable bonds is 0. The fraction of sp³-hybridized carbons (Fsp3) is 0.400. The van der Waals surface area contributed by atoms with Gasteiger partial charge in [-0.2, -0.15) is 5.26 Å². The van der Waals surface area contributed by atoms with E-state index in [0.29, 0.717) is 12.5 Å². The summed E-state index contributed by atoms with van der Waals surface area (Å²) in [4.78, 5) is 14.0. The highest BCUT2D eigenvalue weighted by atomic mass is 16.5. The predicted octanol–water partition coefficient (Wildman–Crippen LogP) is 0.880. The first kappa shape index (κ1) is 8.82. The molecule has 0 aliphatic carbocycles. The fourth-order valence-electron chi connectivity index (χ4n) is 1.71. The molecule has 2 heterocycles. The molecule has 0 saturated heterocycles. The molecular weight excluding hydrogens is 180 g/mol. The van der Waals surface area contributed by atoms with Crippen LogP contribution in [-0.4, -0.2) is 11.6 Å². The van der Waals surface area contributed by atoms with E-state index in [0.717, 1.165) is 24.0 Å². The van der Waals surface area contributed by atoms with Gasteiger partial charge in [0.05, 0.1) is 6.61 Å². The quantitative estimate of drug-likeness (QED) is 0.660. The van der Waals surface area contributed by atoms with E-state index in [2.05, 4.69) is 4.98 Å². The van der Waals surface area contributed by atoms with Gasteiger partial charge in [0.25, 0.3) is 5.56 Å². The third-order valence-corrected chi connectivity index (χ3v) is 2.49. The van der Waals surface area contributed by atoms with Gasteiger partial charge >= 0.3 is 0 Å². The van der Waals surface area contributed by atoms with E-state index in [1.54, 1.807) is 6.92 Å². The Kier molecular flexibility index (Phi) is 2.01. The maximum Gasteiger partial charge on any atom is 0.268 e. The first-order chi connectivity index (χ1) is 6.74. The molecular formula is C10H10N2O2. The Morgan fingerprint density at radius 2 is 2.36 bits per heavy atom. The Hall–Kier alpha value is -1.76. The van der Waals surface area contributed by atoms with Crippen LogP contribution in [0.3, 0.4) is 0 Å². The molecule has 0 spiro atoms. The molecule has 4 heteroatoms. The first-order valence-corrected chi connectivity index (χ1v) is 4.52. The zero-order valence-corrected chi connectivity index (χ0v) is 7.89. The molecule has 1 aliphatic rings. The second kappa shape index (κ2) is 3.18. The number of H-pyrrole nitrogens is 1. The molecule has 1 aromatic rings. The number of hydrogen-bond donors (Lipinski definition) is 1. The Morgan fingerprint density at radius 1 is 1.57 bits per heavy atom. The van der Waals surface area contributed by atoms with Crippen LogP contribution in [0.25, 0.3) is 0 Å². The zero-order chi connectivity index (χ0) is 10.1. The number of nitriles is 1. The van der Waals surface area contributed by atoms with Crippen molar-refractivity contribution in [2.75, 3.05) is 6.61 Å². The summed E-state index contributed by atoms with van der Waals surface area (Å²) in [5, 5.41) is 8.79. The minimum Gasteiger partial charge on any atom is -0.479 e. The normalized spacial score (nSPS) is 14.0. The van der Waals surface area contributed by atoms with Crippen LogP contribution in [0.1, 0.15) is 23.1 Å². The van der Waals surface area contributed by atoms with E-state index >= 15 is 0 Å². The number of aromatic nitrogens is 1. The van der Waals surface area contributed by atoms with Gasteiger partial charge in [0, 0.05) is 5.56 Å². The summed E-state index contributed by atoms with van der Waals surface area (Å²) in [6, 6.07) is 1.91. The smallest absolute Gasteiger partial charge is 0.268 e. The highest BCUT2D eigenvalue weighted by Crippen LogP contribution is 2.24. The maximum atomic E-state index is 11.4. The number of aromatic amines is 1. The van der Waals surface area contributed by atoms with Crippen molar-refractivity contribution in [2.24, 2.45) is 0 Å². The second-order valence-corrected chi connectivity index (χ2v) is 3.33. The van der Waals surface area contributed by atoms with Gasteiger partial charge < -0.3 is 4.74 Å². The van der Waals surface area contributed by atoms with Gasteiger partial charge in [0.15, 0.2) is 5.88 Å². The van der Waals surface area contributed by atoms with Crippen molar-refractivity contribution < 1.29 is 4.74 Å². The zero-order valence-electron chi connectivity index (χ0n) is 7.89. The van der Waals surface area contributed by atoms with E-state index in [9.17, 15) is 4.79 Å². The summed E-state index contributed by atoms with van der Waals surface area (Å²) in [7, 11) is 0. The van der Waals surface area contributed by atoms with Crippen LogP contribution >= 0.6 is 0 Å². The molecule has 14 heavy (non-hydrogen) atoms. The van der Waals surface area contributed by atoms with E-state index in [-0.39, 0.29) is 11.1 Å². The number of nitrogens with zero attached hydrogens (tertiary/aromatic N) is 1. The monoisotopic (exact) mass is 190 g/mol. The molecule has 0 radical (unpaired) electrons. The summed E-state index contributed by atoms with van der Waals surface area (Å²) in [6.45, 7) is 2.43. The summed E-state index contributed by atoms with van der Waals surface area (Å²) >= 11 is 0. The lowest BCUT2D eigenvalue weighted by Gasteiger charge is -2.18. The molecule has 4 nitrogen and oxygen atoms in total. The molecule has 0 unspecified atom stereocenters. The SMILES string of the molecule is Cc1c2c([nH]c(=O)c1C#N)OCCC2. The van der Waals surface area contributed by atoms with Gasteiger partial charge in [0.1, 0.15) is 11.6 Å². The summed E-state index contributed by atoms with van der Waals surface area (Å²) in [6.07, 6.45) is 1.80. The van der Waals surface area contributed by atoms with Gasteiger partial charge in [-0.3, -0.25) is 9.78 Å². The predicted molar refractivity (Wildman–Crippen MR) is 50.3 cm³/mol. The van der Waals surface area contributed by atoms with E-state index in [1.165, 1.54) is 0 Å². The fourth-order valence-corrected chi connectivity index (χ4v) is 1.71. The largest absolute Gasteiger partial charge is 0.479 e. The van der Waals surface area contributed by atoms with E-state index in [1.807, 2.05) is 6.07 Å². The standard InChI is InChI=1S/C10H10N2O2/c1-6-7-3-2-4-14-10(7)12-9(13)8(6)5-11/h2-4H2,1H3,(H,12,13). The lowest BCUT2D eigenvalue weighted by molar-refractivity contribution is 0.275. The molecule has 0 aromatic carbocycles. The molecule has 0 fully saturated rings. The van der Waals surface area contributed by atoms with Crippen LogP contribution in [0.15, 0.2) is 4.79 Å². The minimum absolute atomic E-state index is 0.203. The van der Waals surface area contributed by atoms with Gasteiger partial charge in [-0.05, 0) is 25.3 Å². The highest BCUT2D eigenvalue weighted by Gasteiger charge is 2.17. The minimum atomic E-state index is -0.356. The van der Waals surface area contributed by atoms with Crippen molar-refractivity contribution in [3.8, 4) is 11.9 Å². The Labute approximate surface area is 81.1 Å². The van der Waals surface area contributed by atoms with Crippen molar-refractivity contribution in [3.05, 3.63) is 27.0 Å². The van der Waals surface area contributed by atoms with Crippen molar-refractivity contribution in [3.63, 3.8) is 0 Å². The molecule has 2 rings (SSSR count). The van der Waals surface area contributed by atoms with Gasteiger partial charge in [0.2, 0.25) is 0 Å². The molecule has 0 bridgehead atoms. The molecule has 0 amide bonds. The number of ether oxygens (including phenoxy) is 1. The molecule has 72 valence electrons. The highest BCUT2D eigenvalue weighted by molar-refractivity contribution is 5.45. The molecule has 1 aromatic heterocycles. The van der Waals surface area contributed by atoms with Crippen LogP contribution < -0.4 is 10.3 Å². The van der Waals surface area contributed by atoms with E-state index < -0.39 is 0 Å². The van der Waals surface area contributed by atoms with Crippen LogP contribution in [0, 0.1) is 18.3 Å². The number of fused-ring (bicyclic) bond motifs is 1. The number of hydrogen-bond acceptors (Lipinski definition) is 3. The summed E-state index contributed by atoms with van der Waals surface area (Å²) in [5.41, 5.74) is 1.57. The summed E-state index contributed by atoms with van der Waals surface area (Å²) < 4.78 is 5.32. The molecule has 1 aliphatic heterocycles. The maximum absolute atomic E-state index is 11.4.